The van der Waals surface area contributed by atoms with E-state index < -0.39 is 0 Å². The lowest BCUT2D eigenvalue weighted by Gasteiger charge is -2.12. The molecule has 4 nitrogen and oxygen atoms in total. The van der Waals surface area contributed by atoms with Gasteiger partial charge in [0.15, 0.2) is 0 Å². The number of carbonyl (C=O) groups is 1. The van der Waals surface area contributed by atoms with Gasteiger partial charge >= 0.3 is 0 Å². The van der Waals surface area contributed by atoms with E-state index in [1.165, 1.54) is 18.6 Å². The van der Waals surface area contributed by atoms with Crippen molar-refractivity contribution in [2.45, 2.75) is 52.7 Å². The Labute approximate surface area is 160 Å². The van der Waals surface area contributed by atoms with Crippen molar-refractivity contribution in [1.82, 2.24) is 5.32 Å². The predicted molar refractivity (Wildman–Crippen MR) is 105 cm³/mol. The molecule has 146 valence electrons. The second-order valence-corrected chi connectivity index (χ2v) is 6.67. The van der Waals surface area contributed by atoms with E-state index in [2.05, 4.69) is 5.32 Å². The van der Waals surface area contributed by atoms with Crippen molar-refractivity contribution < 1.29 is 18.7 Å². The maximum atomic E-state index is 14.1. The zero-order valence-electron chi connectivity index (χ0n) is 16.3. The highest BCUT2D eigenvalue weighted by Crippen LogP contribution is 2.20. The van der Waals surface area contributed by atoms with Gasteiger partial charge in [0.2, 0.25) is 5.91 Å². The van der Waals surface area contributed by atoms with Gasteiger partial charge in [-0.3, -0.25) is 4.79 Å². The highest BCUT2D eigenvalue weighted by Gasteiger charge is 2.07. The lowest BCUT2D eigenvalue weighted by Crippen LogP contribution is -2.30. The summed E-state index contributed by atoms with van der Waals surface area (Å²) in [6.45, 7) is 6.26. The van der Waals surface area contributed by atoms with Gasteiger partial charge in [0, 0.05) is 24.6 Å². The van der Waals surface area contributed by atoms with Crippen molar-refractivity contribution in [2.24, 2.45) is 0 Å². The Morgan fingerprint density at radius 3 is 2.44 bits per heavy atom. The molecular weight excluding hydrogens is 345 g/mol. The Bertz CT molecular complexity index is 731. The van der Waals surface area contributed by atoms with Crippen LogP contribution in [0.4, 0.5) is 4.39 Å². The lowest BCUT2D eigenvalue weighted by atomic mass is 10.1. The van der Waals surface area contributed by atoms with E-state index in [-0.39, 0.29) is 24.4 Å². The van der Waals surface area contributed by atoms with Crippen LogP contribution in [0.25, 0.3) is 0 Å². The molecular formula is C22H28FNO3. The topological polar surface area (TPSA) is 47.6 Å². The largest absolute Gasteiger partial charge is 0.494 e. The van der Waals surface area contributed by atoms with Crippen LogP contribution in [0, 0.1) is 5.82 Å². The van der Waals surface area contributed by atoms with Crippen LogP contribution in [0.15, 0.2) is 42.5 Å². The number of rotatable bonds is 10. The maximum Gasteiger partial charge on any atom is 0.217 e. The summed E-state index contributed by atoms with van der Waals surface area (Å²) in [5.74, 6) is 0.894. The minimum Gasteiger partial charge on any atom is -0.494 e. The number of benzene rings is 2. The van der Waals surface area contributed by atoms with Gasteiger partial charge in [0.05, 0.1) is 6.61 Å². The maximum absolute atomic E-state index is 14.1. The smallest absolute Gasteiger partial charge is 0.217 e. The van der Waals surface area contributed by atoms with Crippen LogP contribution in [0.3, 0.4) is 0 Å². The Morgan fingerprint density at radius 1 is 1.11 bits per heavy atom. The van der Waals surface area contributed by atoms with Gasteiger partial charge in [-0.1, -0.05) is 19.1 Å². The van der Waals surface area contributed by atoms with Crippen LogP contribution in [-0.2, 0) is 17.8 Å². The SMILES string of the molecule is CCCOc1ccc(COc2ccc(CC[C@H](C)NC(C)=O)cc2)c(F)c1. The van der Waals surface area contributed by atoms with Crippen LogP contribution in [0.1, 0.15) is 44.7 Å². The molecule has 0 heterocycles. The minimum atomic E-state index is -0.327. The molecule has 0 bridgehead atoms. The lowest BCUT2D eigenvalue weighted by molar-refractivity contribution is -0.119. The molecule has 0 aromatic heterocycles. The van der Waals surface area contributed by atoms with Gasteiger partial charge in [0.1, 0.15) is 23.9 Å². The van der Waals surface area contributed by atoms with E-state index >= 15 is 0 Å². The van der Waals surface area contributed by atoms with Crippen molar-refractivity contribution in [3.05, 3.63) is 59.4 Å². The molecule has 0 saturated carbocycles. The average molecular weight is 373 g/mol. The molecule has 1 atom stereocenters. The Morgan fingerprint density at radius 2 is 1.81 bits per heavy atom. The van der Waals surface area contributed by atoms with Crippen LogP contribution < -0.4 is 14.8 Å². The number of nitrogens with one attached hydrogen (secondary N) is 1. The number of hydrogen-bond acceptors (Lipinski definition) is 3. The van der Waals surface area contributed by atoms with E-state index in [0.717, 1.165) is 19.3 Å². The molecule has 0 fully saturated rings. The molecule has 1 amide bonds. The van der Waals surface area contributed by atoms with Gasteiger partial charge in [-0.2, -0.15) is 0 Å². The second-order valence-electron chi connectivity index (χ2n) is 6.67. The third kappa shape index (κ3) is 7.29. The summed E-state index contributed by atoms with van der Waals surface area (Å²) >= 11 is 0. The molecule has 0 aliphatic rings. The van der Waals surface area contributed by atoms with E-state index in [0.29, 0.717) is 23.7 Å². The molecule has 5 heteroatoms. The molecule has 2 aromatic rings. The number of carbonyl (C=O) groups excluding carboxylic acids is 1. The molecule has 0 radical (unpaired) electrons. The van der Waals surface area contributed by atoms with E-state index in [4.69, 9.17) is 9.47 Å². The van der Waals surface area contributed by atoms with Crippen LogP contribution in [0.2, 0.25) is 0 Å². The normalized spacial score (nSPS) is 11.7. The first-order valence-corrected chi connectivity index (χ1v) is 9.38. The van der Waals surface area contributed by atoms with Gasteiger partial charge in [-0.15, -0.1) is 0 Å². The van der Waals surface area contributed by atoms with Gasteiger partial charge in [-0.05, 0) is 56.0 Å². The van der Waals surface area contributed by atoms with Crippen LogP contribution in [-0.4, -0.2) is 18.6 Å². The molecule has 0 aliphatic heterocycles. The molecule has 2 rings (SSSR count). The number of aryl methyl sites for hydroxylation is 1. The van der Waals surface area contributed by atoms with Crippen molar-refractivity contribution in [3.8, 4) is 11.5 Å². The van der Waals surface area contributed by atoms with E-state index in [1.807, 2.05) is 38.1 Å². The predicted octanol–water partition coefficient (Wildman–Crippen LogP) is 4.65. The quantitative estimate of drug-likeness (QED) is 0.659. The minimum absolute atomic E-state index is 0.0107. The van der Waals surface area contributed by atoms with E-state index in [1.54, 1.807) is 12.1 Å². The number of hydrogen-bond donors (Lipinski definition) is 1. The molecule has 0 spiro atoms. The summed E-state index contributed by atoms with van der Waals surface area (Å²) in [4.78, 5) is 11.0. The first-order chi connectivity index (χ1) is 13.0. The second kappa shape index (κ2) is 10.6. The van der Waals surface area contributed by atoms with Gasteiger partial charge in [-0.25, -0.2) is 4.39 Å². The van der Waals surface area contributed by atoms with E-state index in [9.17, 15) is 9.18 Å². The summed E-state index contributed by atoms with van der Waals surface area (Å²) in [5.41, 5.74) is 1.66. The Hall–Kier alpha value is -2.56. The summed E-state index contributed by atoms with van der Waals surface area (Å²) in [5, 5.41) is 2.88. The monoisotopic (exact) mass is 373 g/mol. The van der Waals surface area contributed by atoms with Crippen LogP contribution in [0.5, 0.6) is 11.5 Å². The molecule has 2 aromatic carbocycles. The molecule has 0 saturated heterocycles. The highest BCUT2D eigenvalue weighted by molar-refractivity contribution is 5.73. The third-order valence-corrected chi connectivity index (χ3v) is 4.13. The van der Waals surface area contributed by atoms with Gasteiger partial charge in [0.25, 0.3) is 0 Å². The van der Waals surface area contributed by atoms with Crippen molar-refractivity contribution in [2.75, 3.05) is 6.61 Å². The summed E-state index contributed by atoms with van der Waals surface area (Å²) in [6, 6.07) is 12.7. The van der Waals surface area contributed by atoms with Crippen molar-refractivity contribution in [3.63, 3.8) is 0 Å². The first-order valence-electron chi connectivity index (χ1n) is 9.38. The Balaban J connectivity index is 1.83. The molecule has 1 N–H and O–H groups in total. The molecule has 0 unspecified atom stereocenters. The first kappa shape index (κ1) is 20.7. The number of amides is 1. The Kier molecular flexibility index (Phi) is 8.11. The fourth-order valence-electron chi connectivity index (χ4n) is 2.67. The fraction of sp³-hybridized carbons (Fsp3) is 0.409. The summed E-state index contributed by atoms with van der Waals surface area (Å²) in [7, 11) is 0. The standard InChI is InChI=1S/C22H28FNO3/c1-4-13-26-21-12-9-19(22(23)14-21)15-27-20-10-7-18(8-11-20)6-5-16(2)24-17(3)25/h7-12,14,16H,4-6,13,15H2,1-3H3,(H,24,25)/t16-/m0/s1. The average Bonchev–Trinajstić information content (AvgIpc) is 2.64. The highest BCUT2D eigenvalue weighted by atomic mass is 19.1. The van der Waals surface area contributed by atoms with Crippen LogP contribution >= 0.6 is 0 Å². The van der Waals surface area contributed by atoms with Gasteiger partial charge < -0.3 is 14.8 Å². The number of halogens is 1. The van der Waals surface area contributed by atoms with Crippen molar-refractivity contribution in [1.29, 1.82) is 0 Å². The zero-order chi connectivity index (χ0) is 19.6. The number of ether oxygens (including phenoxy) is 2. The molecule has 27 heavy (non-hydrogen) atoms. The fourth-order valence-corrected chi connectivity index (χ4v) is 2.67. The zero-order valence-corrected chi connectivity index (χ0v) is 16.3. The summed E-state index contributed by atoms with van der Waals surface area (Å²) in [6.07, 6.45) is 2.63. The third-order valence-electron chi connectivity index (χ3n) is 4.13. The summed E-state index contributed by atoms with van der Waals surface area (Å²) < 4.78 is 25.2. The molecule has 0 aliphatic carbocycles. The van der Waals surface area contributed by atoms with Crippen molar-refractivity contribution >= 4 is 5.91 Å².